The molecule has 5 heteroatoms. The number of halogens is 3. The van der Waals surface area contributed by atoms with Crippen LogP contribution >= 0.6 is 11.6 Å². The summed E-state index contributed by atoms with van der Waals surface area (Å²) in [7, 11) is 0. The van der Waals surface area contributed by atoms with E-state index in [1.54, 1.807) is 12.1 Å². The molecule has 0 saturated heterocycles. The van der Waals surface area contributed by atoms with E-state index in [-0.39, 0.29) is 5.75 Å². The van der Waals surface area contributed by atoms with Gasteiger partial charge in [-0.1, -0.05) is 23.7 Å². The van der Waals surface area contributed by atoms with Gasteiger partial charge in [0.1, 0.15) is 23.1 Å². The number of nitrogens with two attached hydrogens (primary N) is 1. The molecule has 0 bridgehead atoms. The van der Waals surface area contributed by atoms with Gasteiger partial charge in [-0.05, 0) is 24.6 Å². The van der Waals surface area contributed by atoms with E-state index in [1.807, 2.05) is 6.07 Å². The van der Waals surface area contributed by atoms with Gasteiger partial charge in [0.25, 0.3) is 0 Å². The van der Waals surface area contributed by atoms with Gasteiger partial charge in [-0.2, -0.15) is 0 Å². The normalized spacial score (nSPS) is 10.5. The lowest BCUT2D eigenvalue weighted by molar-refractivity contribution is 0.463. The molecule has 0 saturated carbocycles. The van der Waals surface area contributed by atoms with Crippen LogP contribution in [0.5, 0.6) is 11.5 Å². The van der Waals surface area contributed by atoms with E-state index in [4.69, 9.17) is 22.1 Å². The number of rotatable bonds is 4. The van der Waals surface area contributed by atoms with Crippen molar-refractivity contribution in [2.24, 2.45) is 5.73 Å². The Morgan fingerprint density at radius 3 is 2.42 bits per heavy atom. The van der Waals surface area contributed by atoms with Crippen LogP contribution in [0.1, 0.15) is 5.56 Å². The maximum atomic E-state index is 13.1. The molecule has 0 aliphatic heterocycles. The topological polar surface area (TPSA) is 35.2 Å². The van der Waals surface area contributed by atoms with Crippen molar-refractivity contribution in [3.8, 4) is 11.5 Å². The molecule has 0 fully saturated rings. The molecular weight excluding hydrogens is 272 g/mol. The van der Waals surface area contributed by atoms with Crippen molar-refractivity contribution in [2.45, 2.75) is 6.42 Å². The highest BCUT2D eigenvalue weighted by Gasteiger charge is 2.10. The smallest absolute Gasteiger partial charge is 0.149 e. The fourth-order valence-corrected chi connectivity index (χ4v) is 1.96. The summed E-state index contributed by atoms with van der Waals surface area (Å²) in [5.74, 6) is -0.978. The first-order valence-electron chi connectivity index (χ1n) is 5.71. The first kappa shape index (κ1) is 13.8. The molecule has 2 N–H and O–H groups in total. The molecule has 2 aromatic rings. The highest BCUT2D eigenvalue weighted by Crippen LogP contribution is 2.33. The van der Waals surface area contributed by atoms with Crippen molar-refractivity contribution < 1.29 is 13.5 Å². The van der Waals surface area contributed by atoms with E-state index in [0.29, 0.717) is 23.7 Å². The molecule has 2 nitrogen and oxygen atoms in total. The van der Waals surface area contributed by atoms with Crippen molar-refractivity contribution >= 4 is 11.6 Å². The van der Waals surface area contributed by atoms with E-state index >= 15 is 0 Å². The molecule has 0 aliphatic rings. The summed E-state index contributed by atoms with van der Waals surface area (Å²) < 4.78 is 31.7. The van der Waals surface area contributed by atoms with Crippen molar-refractivity contribution in [3.63, 3.8) is 0 Å². The fourth-order valence-electron chi connectivity index (χ4n) is 1.73. The highest BCUT2D eigenvalue weighted by atomic mass is 35.5. The van der Waals surface area contributed by atoms with E-state index in [0.717, 1.165) is 23.8 Å². The minimum atomic E-state index is -0.706. The fraction of sp³-hybridized carbons (Fsp3) is 0.143. The van der Waals surface area contributed by atoms with Crippen molar-refractivity contribution in [1.82, 2.24) is 0 Å². The number of ether oxygens (including phenoxy) is 1. The van der Waals surface area contributed by atoms with Crippen molar-refractivity contribution in [1.29, 1.82) is 0 Å². The van der Waals surface area contributed by atoms with Crippen LogP contribution in [0.3, 0.4) is 0 Å². The third-order valence-corrected chi connectivity index (χ3v) is 2.82. The molecule has 19 heavy (non-hydrogen) atoms. The molecule has 2 aromatic carbocycles. The summed E-state index contributed by atoms with van der Waals surface area (Å²) in [6.07, 6.45) is 0.563. The quantitative estimate of drug-likeness (QED) is 0.923. The van der Waals surface area contributed by atoms with Crippen LogP contribution in [0.25, 0.3) is 0 Å². The Morgan fingerprint density at radius 2 is 1.79 bits per heavy atom. The van der Waals surface area contributed by atoms with Crippen molar-refractivity contribution in [3.05, 3.63) is 58.6 Å². The molecule has 0 spiro atoms. The molecule has 0 heterocycles. The van der Waals surface area contributed by atoms with Gasteiger partial charge in [0.15, 0.2) is 0 Å². The third kappa shape index (κ3) is 3.43. The van der Waals surface area contributed by atoms with E-state index < -0.39 is 11.6 Å². The molecule has 0 atom stereocenters. The van der Waals surface area contributed by atoms with E-state index in [9.17, 15) is 8.78 Å². The minimum absolute atomic E-state index is 0.0591. The molecule has 0 aromatic heterocycles. The second-order valence-electron chi connectivity index (χ2n) is 3.97. The lowest BCUT2D eigenvalue weighted by atomic mass is 10.1. The van der Waals surface area contributed by atoms with Gasteiger partial charge in [0.05, 0.1) is 5.02 Å². The lowest BCUT2D eigenvalue weighted by Gasteiger charge is -2.12. The van der Waals surface area contributed by atoms with Gasteiger partial charge < -0.3 is 10.5 Å². The van der Waals surface area contributed by atoms with Crippen molar-refractivity contribution in [2.75, 3.05) is 6.54 Å². The van der Waals surface area contributed by atoms with Crippen LogP contribution in [0.4, 0.5) is 8.78 Å². The number of benzene rings is 2. The maximum absolute atomic E-state index is 13.1. The molecule has 0 aliphatic carbocycles. The molecule has 0 unspecified atom stereocenters. The van der Waals surface area contributed by atoms with Crippen LogP contribution in [-0.4, -0.2) is 6.54 Å². The predicted molar refractivity (Wildman–Crippen MR) is 70.6 cm³/mol. The maximum Gasteiger partial charge on any atom is 0.149 e. The Balaban J connectivity index is 2.36. The zero-order chi connectivity index (χ0) is 13.8. The van der Waals surface area contributed by atoms with Crippen LogP contribution in [-0.2, 0) is 6.42 Å². The van der Waals surface area contributed by atoms with Crippen LogP contribution in [0.2, 0.25) is 5.02 Å². The molecular formula is C14H12ClF2NO. The minimum Gasteiger partial charge on any atom is -0.455 e. The third-order valence-electron chi connectivity index (χ3n) is 2.52. The largest absolute Gasteiger partial charge is 0.455 e. The van der Waals surface area contributed by atoms with Gasteiger partial charge in [-0.25, -0.2) is 8.78 Å². The lowest BCUT2D eigenvalue weighted by Crippen LogP contribution is -2.04. The van der Waals surface area contributed by atoms with E-state index in [2.05, 4.69) is 0 Å². The second kappa shape index (κ2) is 5.99. The number of hydrogen-bond donors (Lipinski definition) is 1. The number of para-hydroxylation sites is 1. The SMILES string of the molecule is NCCc1cccc(Cl)c1Oc1cc(F)cc(F)c1. The summed E-state index contributed by atoms with van der Waals surface area (Å²) >= 11 is 6.04. The van der Waals surface area contributed by atoms with Gasteiger partial charge in [0.2, 0.25) is 0 Å². The predicted octanol–water partition coefficient (Wildman–Crippen LogP) is 3.91. The average Bonchev–Trinajstić information content (AvgIpc) is 2.32. The Kier molecular flexibility index (Phi) is 4.35. The highest BCUT2D eigenvalue weighted by molar-refractivity contribution is 6.32. The van der Waals surface area contributed by atoms with Gasteiger partial charge in [-0.3, -0.25) is 0 Å². The van der Waals surface area contributed by atoms with E-state index in [1.165, 1.54) is 0 Å². The molecule has 0 amide bonds. The number of hydrogen-bond acceptors (Lipinski definition) is 2. The van der Waals surface area contributed by atoms with Crippen LogP contribution in [0.15, 0.2) is 36.4 Å². The van der Waals surface area contributed by atoms with Gasteiger partial charge in [0, 0.05) is 18.2 Å². The second-order valence-corrected chi connectivity index (χ2v) is 4.38. The van der Waals surface area contributed by atoms with Crippen LogP contribution in [0, 0.1) is 11.6 Å². The molecule has 100 valence electrons. The summed E-state index contributed by atoms with van der Waals surface area (Å²) in [6.45, 7) is 0.425. The monoisotopic (exact) mass is 283 g/mol. The molecule has 2 rings (SSSR count). The summed E-state index contributed by atoms with van der Waals surface area (Å²) in [4.78, 5) is 0. The zero-order valence-corrected chi connectivity index (χ0v) is 10.8. The Morgan fingerprint density at radius 1 is 1.11 bits per heavy atom. The Hall–Kier alpha value is -1.65. The Labute approximate surface area is 114 Å². The summed E-state index contributed by atoms with van der Waals surface area (Å²) in [5, 5.41) is 0.371. The Bertz CT molecular complexity index is 569. The van der Waals surface area contributed by atoms with Gasteiger partial charge >= 0.3 is 0 Å². The standard InChI is InChI=1S/C14H12ClF2NO/c15-13-3-1-2-9(4-5-18)14(13)19-12-7-10(16)6-11(17)8-12/h1-3,6-8H,4-5,18H2. The average molecular weight is 284 g/mol. The summed E-state index contributed by atoms with van der Waals surface area (Å²) in [6, 6.07) is 8.19. The summed E-state index contributed by atoms with van der Waals surface area (Å²) in [5.41, 5.74) is 6.29. The first-order chi connectivity index (χ1) is 9.10. The zero-order valence-electron chi connectivity index (χ0n) is 10.00. The first-order valence-corrected chi connectivity index (χ1v) is 6.09. The molecule has 0 radical (unpaired) electrons. The van der Waals surface area contributed by atoms with Gasteiger partial charge in [-0.15, -0.1) is 0 Å². The van der Waals surface area contributed by atoms with Crippen LogP contribution < -0.4 is 10.5 Å².